The molecule has 0 aromatic rings. The summed E-state index contributed by atoms with van der Waals surface area (Å²) in [7, 11) is 0. The molecule has 0 spiro atoms. The van der Waals surface area contributed by atoms with Crippen LogP contribution in [0, 0.1) is 0 Å². The molecule has 0 bridgehead atoms. The predicted molar refractivity (Wildman–Crippen MR) is 27.5 cm³/mol. The molecule has 0 atom stereocenters. The fourth-order valence-electron chi connectivity index (χ4n) is 0. The molecule has 0 fully saturated rings. The van der Waals surface area contributed by atoms with Gasteiger partial charge in [0.1, 0.15) is 0 Å². The quantitative estimate of drug-likeness (QED) is 0.433. The van der Waals surface area contributed by atoms with Crippen molar-refractivity contribution in [3.63, 3.8) is 0 Å². The Morgan fingerprint density at radius 1 is 1.50 bits per heavy atom. The van der Waals surface area contributed by atoms with E-state index in [4.69, 9.17) is 0 Å². The number of hydrogen-bond acceptors (Lipinski definition) is 0. The van der Waals surface area contributed by atoms with Crippen molar-refractivity contribution in [2.75, 3.05) is 6.67 Å². The Morgan fingerprint density at radius 2 is 1.67 bits per heavy atom. The van der Waals surface area contributed by atoms with E-state index in [9.17, 15) is 4.39 Å². The Balaban J connectivity index is 0. The fourth-order valence-corrected chi connectivity index (χ4v) is 0. The average molecular weight is 90.1 g/mol. The van der Waals surface area contributed by atoms with Crippen LogP contribution in [0.3, 0.4) is 0 Å². The van der Waals surface area contributed by atoms with E-state index in [1.165, 1.54) is 0 Å². The van der Waals surface area contributed by atoms with Crippen molar-refractivity contribution in [2.45, 2.75) is 13.3 Å². The van der Waals surface area contributed by atoms with Gasteiger partial charge in [0, 0.05) is 0 Å². The van der Waals surface area contributed by atoms with Gasteiger partial charge < -0.3 is 0 Å². The van der Waals surface area contributed by atoms with Gasteiger partial charge in [0.2, 0.25) is 0 Å². The maximum absolute atomic E-state index is 10.7. The second kappa shape index (κ2) is 22.6. The zero-order valence-corrected chi connectivity index (χ0v) is 4.21. The summed E-state index contributed by atoms with van der Waals surface area (Å²) in [4.78, 5) is 0. The summed E-state index contributed by atoms with van der Waals surface area (Å²) in [6.45, 7) is 7.62. The van der Waals surface area contributed by atoms with Crippen LogP contribution in [0.1, 0.15) is 13.3 Å². The van der Waals surface area contributed by atoms with Crippen LogP contribution in [0.5, 0.6) is 0 Å². The van der Waals surface area contributed by atoms with Crippen molar-refractivity contribution in [1.82, 2.24) is 0 Å². The minimum absolute atomic E-state index is 0.181. The molecule has 0 aromatic heterocycles. The Bertz CT molecular complexity index is 11.4. The normalized spacial score (nSPS) is 5.67. The van der Waals surface area contributed by atoms with Crippen LogP contribution in [-0.4, -0.2) is 6.67 Å². The molecule has 0 aliphatic rings. The second-order valence-corrected chi connectivity index (χ2v) is 0.689. The van der Waals surface area contributed by atoms with Crippen LogP contribution in [0.2, 0.25) is 0 Å². The van der Waals surface area contributed by atoms with E-state index in [0.29, 0.717) is 6.42 Å². The summed E-state index contributed by atoms with van der Waals surface area (Å²) in [6, 6.07) is 0. The van der Waals surface area contributed by atoms with Gasteiger partial charge in [0.25, 0.3) is 0 Å². The predicted octanol–water partition coefficient (Wildman–Crippen LogP) is 2.17. The zero-order chi connectivity index (χ0) is 5.41. The van der Waals surface area contributed by atoms with Crippen molar-refractivity contribution in [2.24, 2.45) is 0 Å². The Kier molecular flexibility index (Phi) is 34.5. The van der Waals surface area contributed by atoms with Crippen molar-refractivity contribution in [1.29, 1.82) is 0 Å². The van der Waals surface area contributed by atoms with Crippen molar-refractivity contribution in [3.8, 4) is 0 Å². The fraction of sp³-hybridized carbons (Fsp3) is 0.600. The molecule has 0 amide bonds. The third kappa shape index (κ3) is 58.3. The van der Waals surface area contributed by atoms with E-state index in [1.54, 1.807) is 6.92 Å². The molecule has 0 radical (unpaired) electrons. The van der Waals surface area contributed by atoms with Crippen molar-refractivity contribution >= 4 is 0 Å². The minimum atomic E-state index is -0.181. The van der Waals surface area contributed by atoms with E-state index >= 15 is 0 Å². The van der Waals surface area contributed by atoms with Gasteiger partial charge in [0.05, 0.1) is 6.67 Å². The summed E-state index contributed by atoms with van der Waals surface area (Å²) < 4.78 is 10.7. The SMILES string of the molecule is C=C.CCCF. The molecular weight excluding hydrogens is 79.1 g/mol. The van der Waals surface area contributed by atoms with Gasteiger partial charge >= 0.3 is 0 Å². The molecule has 0 saturated heterocycles. The third-order valence-electron chi connectivity index (χ3n) is 0.189. The summed E-state index contributed by atoms with van der Waals surface area (Å²) in [5.74, 6) is 0. The number of rotatable bonds is 1. The zero-order valence-electron chi connectivity index (χ0n) is 4.21. The van der Waals surface area contributed by atoms with E-state index in [2.05, 4.69) is 13.2 Å². The van der Waals surface area contributed by atoms with Crippen LogP contribution in [0.25, 0.3) is 0 Å². The Hall–Kier alpha value is -0.330. The van der Waals surface area contributed by atoms with E-state index in [1.807, 2.05) is 0 Å². The lowest BCUT2D eigenvalue weighted by Crippen LogP contribution is -1.58. The van der Waals surface area contributed by atoms with Crippen LogP contribution in [0.15, 0.2) is 13.2 Å². The van der Waals surface area contributed by atoms with Gasteiger partial charge in [-0.3, -0.25) is 4.39 Å². The molecule has 0 N–H and O–H groups in total. The average Bonchev–Trinajstić information content (AvgIpc) is 1.72. The molecule has 1 heteroatoms. The first-order valence-corrected chi connectivity index (χ1v) is 1.97. The maximum atomic E-state index is 10.7. The minimum Gasteiger partial charge on any atom is -0.251 e. The summed E-state index contributed by atoms with van der Waals surface area (Å²) >= 11 is 0. The van der Waals surface area contributed by atoms with Crippen LogP contribution < -0.4 is 0 Å². The summed E-state index contributed by atoms with van der Waals surface area (Å²) in [5.41, 5.74) is 0. The molecular formula is C5H11F. The second-order valence-electron chi connectivity index (χ2n) is 0.689. The molecule has 38 valence electrons. The smallest absolute Gasteiger partial charge is 0.0891 e. The van der Waals surface area contributed by atoms with Gasteiger partial charge in [-0.2, -0.15) is 0 Å². The highest BCUT2D eigenvalue weighted by Crippen LogP contribution is 1.69. The van der Waals surface area contributed by atoms with E-state index in [0.717, 1.165) is 0 Å². The Labute approximate surface area is 38.7 Å². The first-order valence-electron chi connectivity index (χ1n) is 1.97. The monoisotopic (exact) mass is 90.1 g/mol. The van der Waals surface area contributed by atoms with Crippen LogP contribution in [-0.2, 0) is 0 Å². The molecule has 0 nitrogen and oxygen atoms in total. The first-order chi connectivity index (χ1) is 2.91. The summed E-state index contributed by atoms with van der Waals surface area (Å²) in [6.07, 6.45) is 0.653. The van der Waals surface area contributed by atoms with Gasteiger partial charge in [-0.25, -0.2) is 0 Å². The van der Waals surface area contributed by atoms with Gasteiger partial charge in [-0.15, -0.1) is 13.2 Å². The summed E-state index contributed by atoms with van der Waals surface area (Å²) in [5, 5.41) is 0. The highest BCUT2D eigenvalue weighted by atomic mass is 19.1. The molecule has 0 rings (SSSR count). The Morgan fingerprint density at radius 3 is 1.67 bits per heavy atom. The lowest BCUT2D eigenvalue weighted by Gasteiger charge is -1.64. The topological polar surface area (TPSA) is 0 Å². The number of hydrogen-bond donors (Lipinski definition) is 0. The highest BCUT2D eigenvalue weighted by molar-refractivity contribution is 4.22. The molecule has 6 heavy (non-hydrogen) atoms. The molecule has 0 saturated carbocycles. The van der Waals surface area contributed by atoms with Crippen molar-refractivity contribution < 1.29 is 4.39 Å². The maximum Gasteiger partial charge on any atom is 0.0891 e. The largest absolute Gasteiger partial charge is 0.251 e. The molecule has 0 unspecified atom stereocenters. The lowest BCUT2D eigenvalue weighted by atomic mass is 10.6. The van der Waals surface area contributed by atoms with E-state index in [-0.39, 0.29) is 6.67 Å². The first kappa shape index (κ1) is 9.18. The van der Waals surface area contributed by atoms with Crippen molar-refractivity contribution in [3.05, 3.63) is 13.2 Å². The van der Waals surface area contributed by atoms with Gasteiger partial charge in [0.15, 0.2) is 0 Å². The van der Waals surface area contributed by atoms with E-state index < -0.39 is 0 Å². The molecule has 0 heterocycles. The lowest BCUT2D eigenvalue weighted by molar-refractivity contribution is 0.487. The molecule has 0 aliphatic heterocycles. The number of halogens is 1. The molecule has 0 aromatic carbocycles. The molecule has 0 aliphatic carbocycles. The standard InChI is InChI=1S/C3H7F.C2H4/c1-2-3-4;1-2/h2-3H2,1H3;1-2H2. The van der Waals surface area contributed by atoms with Gasteiger partial charge in [-0.1, -0.05) is 6.92 Å². The highest BCUT2D eigenvalue weighted by Gasteiger charge is 1.60. The van der Waals surface area contributed by atoms with Crippen LogP contribution >= 0.6 is 0 Å². The third-order valence-corrected chi connectivity index (χ3v) is 0.189. The van der Waals surface area contributed by atoms with Gasteiger partial charge in [-0.05, 0) is 6.42 Å². The number of alkyl halides is 1. The van der Waals surface area contributed by atoms with Crippen LogP contribution in [0.4, 0.5) is 4.39 Å².